The van der Waals surface area contributed by atoms with Crippen molar-refractivity contribution >= 4 is 51.8 Å². The molecule has 0 fully saturated rings. The molecule has 5 nitrogen and oxygen atoms in total. The van der Waals surface area contributed by atoms with E-state index in [4.69, 9.17) is 27.6 Å². The van der Waals surface area contributed by atoms with Gasteiger partial charge in [-0.15, -0.1) is 0 Å². The fraction of sp³-hybridized carbons (Fsp3) is 0.0435. The Hall–Kier alpha value is -3.28. The first-order valence-corrected chi connectivity index (χ1v) is 9.94. The van der Waals surface area contributed by atoms with Crippen LogP contribution in [0.25, 0.3) is 22.1 Å². The van der Waals surface area contributed by atoms with Gasteiger partial charge in [0, 0.05) is 16.3 Å². The van der Waals surface area contributed by atoms with Gasteiger partial charge >= 0.3 is 0 Å². The van der Waals surface area contributed by atoms with Crippen molar-refractivity contribution in [2.45, 2.75) is 0 Å². The maximum absolute atomic E-state index is 12.0. The molecule has 2 N–H and O–H groups in total. The van der Waals surface area contributed by atoms with Gasteiger partial charge in [0.15, 0.2) is 0 Å². The third-order valence-corrected chi connectivity index (χ3v) is 4.95. The van der Waals surface area contributed by atoms with Crippen molar-refractivity contribution in [3.8, 4) is 11.3 Å². The van der Waals surface area contributed by atoms with Gasteiger partial charge in [-0.05, 0) is 53.2 Å². The molecule has 150 valence electrons. The van der Waals surface area contributed by atoms with Crippen molar-refractivity contribution in [2.75, 3.05) is 11.9 Å². The minimum atomic E-state index is -0.271. The Balaban J connectivity index is 1.32. The molecule has 3 aromatic carbocycles. The second kappa shape index (κ2) is 9.03. The van der Waals surface area contributed by atoms with E-state index in [0.717, 1.165) is 22.0 Å². The Labute approximate surface area is 183 Å². The van der Waals surface area contributed by atoms with Crippen molar-refractivity contribution in [1.29, 1.82) is 0 Å². The van der Waals surface area contributed by atoms with Gasteiger partial charge in [-0.25, -0.2) is 5.43 Å². The number of furan rings is 1. The zero-order valence-electron chi connectivity index (χ0n) is 15.7. The maximum Gasteiger partial charge on any atom is 0.259 e. The van der Waals surface area contributed by atoms with Gasteiger partial charge in [0.1, 0.15) is 11.5 Å². The molecule has 0 radical (unpaired) electrons. The van der Waals surface area contributed by atoms with Crippen LogP contribution < -0.4 is 10.7 Å². The summed E-state index contributed by atoms with van der Waals surface area (Å²) in [6.07, 6.45) is 1.43. The van der Waals surface area contributed by atoms with Crippen molar-refractivity contribution in [3.63, 3.8) is 0 Å². The van der Waals surface area contributed by atoms with Gasteiger partial charge in [0.25, 0.3) is 5.91 Å². The minimum absolute atomic E-state index is 0.0967. The molecule has 0 aliphatic carbocycles. The van der Waals surface area contributed by atoms with E-state index in [1.54, 1.807) is 30.3 Å². The zero-order chi connectivity index (χ0) is 20.9. The van der Waals surface area contributed by atoms with Crippen molar-refractivity contribution < 1.29 is 9.21 Å². The lowest BCUT2D eigenvalue weighted by atomic mass is 10.1. The number of hydrogen-bond donors (Lipinski definition) is 2. The number of hydrogen-bond acceptors (Lipinski definition) is 4. The molecule has 7 heteroatoms. The molecule has 0 saturated carbocycles. The molecule has 0 aliphatic heterocycles. The summed E-state index contributed by atoms with van der Waals surface area (Å²) < 4.78 is 5.70. The maximum atomic E-state index is 12.0. The Morgan fingerprint density at radius 1 is 0.967 bits per heavy atom. The Kier molecular flexibility index (Phi) is 6.02. The number of carbonyl (C=O) groups excluding carboxylic acids is 1. The van der Waals surface area contributed by atoms with E-state index in [-0.39, 0.29) is 12.5 Å². The Morgan fingerprint density at radius 2 is 1.80 bits per heavy atom. The van der Waals surface area contributed by atoms with E-state index < -0.39 is 0 Å². The molecule has 0 unspecified atom stereocenters. The van der Waals surface area contributed by atoms with Gasteiger partial charge < -0.3 is 9.73 Å². The van der Waals surface area contributed by atoms with E-state index in [9.17, 15) is 4.79 Å². The van der Waals surface area contributed by atoms with Crippen LogP contribution >= 0.6 is 23.2 Å². The highest BCUT2D eigenvalue weighted by molar-refractivity contribution is 6.36. The number of carbonyl (C=O) groups is 1. The van der Waals surface area contributed by atoms with Gasteiger partial charge in [-0.3, -0.25) is 4.79 Å². The van der Waals surface area contributed by atoms with E-state index >= 15 is 0 Å². The van der Waals surface area contributed by atoms with E-state index in [0.29, 0.717) is 21.6 Å². The fourth-order valence-corrected chi connectivity index (χ4v) is 3.45. The first-order valence-electron chi connectivity index (χ1n) is 9.18. The monoisotopic (exact) mass is 437 g/mol. The first kappa shape index (κ1) is 20.0. The normalized spacial score (nSPS) is 11.1. The molecule has 0 aliphatic rings. The summed E-state index contributed by atoms with van der Waals surface area (Å²) >= 11 is 12.1. The predicted molar refractivity (Wildman–Crippen MR) is 122 cm³/mol. The molecule has 0 saturated heterocycles. The highest BCUT2D eigenvalue weighted by atomic mass is 35.5. The van der Waals surface area contributed by atoms with Crippen LogP contribution in [0.1, 0.15) is 5.76 Å². The van der Waals surface area contributed by atoms with Gasteiger partial charge in [0.05, 0.1) is 17.8 Å². The van der Waals surface area contributed by atoms with Crippen LogP contribution in [-0.4, -0.2) is 18.7 Å². The Bertz CT molecular complexity index is 1230. The van der Waals surface area contributed by atoms with Crippen LogP contribution in [0.4, 0.5) is 5.69 Å². The Morgan fingerprint density at radius 3 is 2.63 bits per heavy atom. The lowest BCUT2D eigenvalue weighted by molar-refractivity contribution is -0.119. The summed E-state index contributed by atoms with van der Waals surface area (Å²) in [5.74, 6) is 0.799. The van der Waals surface area contributed by atoms with E-state index in [2.05, 4.69) is 15.8 Å². The number of amides is 1. The van der Waals surface area contributed by atoms with Crippen LogP contribution in [0, 0.1) is 0 Å². The largest absolute Gasteiger partial charge is 0.455 e. The summed E-state index contributed by atoms with van der Waals surface area (Å²) in [7, 11) is 0. The highest BCUT2D eigenvalue weighted by Crippen LogP contribution is 2.31. The van der Waals surface area contributed by atoms with Crippen molar-refractivity contribution in [1.82, 2.24) is 5.43 Å². The lowest BCUT2D eigenvalue weighted by Gasteiger charge is -2.06. The number of fused-ring (bicyclic) bond motifs is 1. The summed E-state index contributed by atoms with van der Waals surface area (Å²) in [5.41, 5.74) is 4.06. The molecule has 1 aromatic heterocycles. The summed E-state index contributed by atoms with van der Waals surface area (Å²) in [6.45, 7) is 0.0967. The topological polar surface area (TPSA) is 66.6 Å². The van der Waals surface area contributed by atoms with Crippen LogP contribution in [0.5, 0.6) is 0 Å². The smallest absolute Gasteiger partial charge is 0.259 e. The zero-order valence-corrected chi connectivity index (χ0v) is 17.2. The van der Waals surface area contributed by atoms with E-state index in [1.165, 1.54) is 6.21 Å². The van der Waals surface area contributed by atoms with Gasteiger partial charge in [0.2, 0.25) is 0 Å². The molecule has 1 amide bonds. The molecule has 0 bridgehead atoms. The summed E-state index contributed by atoms with van der Waals surface area (Å²) in [4.78, 5) is 12.0. The molecule has 30 heavy (non-hydrogen) atoms. The third-order valence-electron chi connectivity index (χ3n) is 4.41. The molecular weight excluding hydrogens is 421 g/mol. The predicted octanol–water partition coefficient (Wildman–Crippen LogP) is 5.97. The van der Waals surface area contributed by atoms with Gasteiger partial charge in [-0.1, -0.05) is 53.5 Å². The highest BCUT2D eigenvalue weighted by Gasteiger charge is 2.08. The number of hydrazone groups is 1. The molecule has 0 spiro atoms. The number of nitrogens with one attached hydrogen (secondary N) is 2. The molecule has 4 aromatic rings. The fourth-order valence-electron chi connectivity index (χ4n) is 2.95. The lowest BCUT2D eigenvalue weighted by Crippen LogP contribution is -2.25. The third kappa shape index (κ3) is 4.82. The quantitative estimate of drug-likeness (QED) is 0.288. The first-order chi connectivity index (χ1) is 14.6. The number of anilines is 1. The van der Waals surface area contributed by atoms with Crippen LogP contribution in [0.15, 0.2) is 82.3 Å². The second-order valence-corrected chi connectivity index (χ2v) is 7.38. The average Bonchev–Trinajstić information content (AvgIpc) is 3.20. The number of nitrogens with zero attached hydrogens (tertiary/aromatic N) is 1. The second-order valence-electron chi connectivity index (χ2n) is 6.53. The van der Waals surface area contributed by atoms with Gasteiger partial charge in [-0.2, -0.15) is 5.10 Å². The van der Waals surface area contributed by atoms with Crippen molar-refractivity contribution in [3.05, 3.63) is 88.6 Å². The van der Waals surface area contributed by atoms with Crippen molar-refractivity contribution in [2.24, 2.45) is 5.10 Å². The number of rotatable bonds is 6. The molecular formula is C23H17Cl2N3O2. The summed E-state index contributed by atoms with van der Waals surface area (Å²) in [6, 6.07) is 22.7. The SMILES string of the molecule is O=C(CNc1ccc2ccccc2c1)N/N=C\c1ccc(-c2ccc(Cl)cc2Cl)o1. The molecule has 0 atom stereocenters. The average molecular weight is 438 g/mol. The number of halogens is 2. The number of benzene rings is 3. The minimum Gasteiger partial charge on any atom is -0.455 e. The van der Waals surface area contributed by atoms with Crippen LogP contribution in [0.3, 0.4) is 0 Å². The standard InChI is InChI=1S/C23H17Cl2N3O2/c24-17-6-9-20(21(25)12-17)22-10-8-19(30-22)13-27-28-23(29)14-26-18-7-5-15-3-1-2-4-16(15)11-18/h1-13,26H,14H2,(H,28,29)/b27-13-. The van der Waals surface area contributed by atoms with Crippen LogP contribution in [-0.2, 0) is 4.79 Å². The van der Waals surface area contributed by atoms with Crippen LogP contribution in [0.2, 0.25) is 10.0 Å². The summed E-state index contributed by atoms with van der Waals surface area (Å²) in [5, 5.41) is 10.3. The molecule has 1 heterocycles. The molecule has 4 rings (SSSR count). The van der Waals surface area contributed by atoms with E-state index in [1.807, 2.05) is 42.5 Å².